The van der Waals surface area contributed by atoms with Gasteiger partial charge in [0.05, 0.1) is 0 Å². The SMILES string of the molecule is C=C/C=C\c1cc(N(c2ccc(C(C)CC3C=CC=CC3C)cc2)c2ccc3c(c2)-c2c4cccc2-c2cccc-3c2-c2ccccc2-4)ccc1C. The average Bonchev–Trinajstić information content (AvgIpc) is 3.28. The quantitative estimate of drug-likeness (QED) is 0.146. The van der Waals surface area contributed by atoms with Crippen molar-refractivity contribution in [2.24, 2.45) is 11.8 Å². The molecule has 9 rings (SSSR count). The number of anilines is 3. The Morgan fingerprint density at radius 2 is 1.19 bits per heavy atom. The fourth-order valence-electron chi connectivity index (χ4n) is 8.75. The van der Waals surface area contributed by atoms with Gasteiger partial charge in [-0.05, 0) is 140 Å². The summed E-state index contributed by atoms with van der Waals surface area (Å²) in [5, 5.41) is 0. The first-order chi connectivity index (χ1) is 25.5. The van der Waals surface area contributed by atoms with Crippen LogP contribution in [0.25, 0.3) is 61.7 Å². The molecule has 1 heteroatoms. The van der Waals surface area contributed by atoms with E-state index in [1.54, 1.807) is 0 Å². The highest BCUT2D eigenvalue weighted by atomic mass is 15.1. The molecule has 0 saturated heterocycles. The van der Waals surface area contributed by atoms with E-state index in [1.807, 2.05) is 12.2 Å². The van der Waals surface area contributed by atoms with Crippen LogP contribution in [0.2, 0.25) is 0 Å². The van der Waals surface area contributed by atoms with Gasteiger partial charge in [-0.25, -0.2) is 0 Å². The molecule has 0 saturated carbocycles. The Morgan fingerprint density at radius 1 is 0.615 bits per heavy atom. The minimum Gasteiger partial charge on any atom is -0.310 e. The van der Waals surface area contributed by atoms with Gasteiger partial charge in [-0.2, -0.15) is 0 Å². The van der Waals surface area contributed by atoms with Crippen molar-refractivity contribution in [3.8, 4) is 55.6 Å². The molecule has 0 spiro atoms. The molecule has 0 fully saturated rings. The van der Waals surface area contributed by atoms with Gasteiger partial charge in [0.25, 0.3) is 0 Å². The van der Waals surface area contributed by atoms with Crippen LogP contribution in [-0.2, 0) is 0 Å². The van der Waals surface area contributed by atoms with E-state index in [-0.39, 0.29) is 0 Å². The van der Waals surface area contributed by atoms with Gasteiger partial charge in [-0.3, -0.25) is 0 Å². The van der Waals surface area contributed by atoms with Crippen LogP contribution in [0, 0.1) is 18.8 Å². The van der Waals surface area contributed by atoms with Crippen molar-refractivity contribution in [3.63, 3.8) is 0 Å². The zero-order valence-corrected chi connectivity index (χ0v) is 30.2. The lowest BCUT2D eigenvalue weighted by Crippen LogP contribution is -2.13. The highest BCUT2D eigenvalue weighted by Gasteiger charge is 2.31. The van der Waals surface area contributed by atoms with Crippen LogP contribution in [0.5, 0.6) is 0 Å². The monoisotopic (exact) mass is 669 g/mol. The van der Waals surface area contributed by atoms with Crippen LogP contribution in [0.3, 0.4) is 0 Å². The van der Waals surface area contributed by atoms with Crippen LogP contribution in [0.1, 0.15) is 42.9 Å². The second-order valence-corrected chi connectivity index (χ2v) is 14.7. The zero-order valence-electron chi connectivity index (χ0n) is 30.2. The number of nitrogens with zero attached hydrogens (tertiary/aromatic N) is 1. The number of allylic oxidation sites excluding steroid dienone is 6. The van der Waals surface area contributed by atoms with Crippen molar-refractivity contribution < 1.29 is 0 Å². The predicted molar refractivity (Wildman–Crippen MR) is 223 cm³/mol. The summed E-state index contributed by atoms with van der Waals surface area (Å²) in [6, 6.07) is 45.8. The van der Waals surface area contributed by atoms with Crippen LogP contribution in [-0.4, -0.2) is 0 Å². The molecule has 0 aliphatic heterocycles. The molecular formula is C51H43N. The van der Waals surface area contributed by atoms with E-state index in [0.717, 1.165) is 23.5 Å². The molecule has 52 heavy (non-hydrogen) atoms. The van der Waals surface area contributed by atoms with Crippen molar-refractivity contribution in [2.45, 2.75) is 33.1 Å². The lowest BCUT2D eigenvalue weighted by atomic mass is 9.81. The Kier molecular flexibility index (Phi) is 8.01. The normalized spacial score (nSPS) is 16.6. The Hall–Kier alpha value is -5.92. The first kappa shape index (κ1) is 32.0. The van der Waals surface area contributed by atoms with E-state index in [0.29, 0.717) is 17.8 Å². The Bertz CT molecular complexity index is 2430. The van der Waals surface area contributed by atoms with E-state index in [1.165, 1.54) is 72.3 Å². The fourth-order valence-corrected chi connectivity index (χ4v) is 8.75. The molecule has 0 heterocycles. The van der Waals surface area contributed by atoms with Gasteiger partial charge in [-0.1, -0.05) is 148 Å². The molecule has 0 N–H and O–H groups in total. The minimum atomic E-state index is 0.459. The number of hydrogen-bond acceptors (Lipinski definition) is 1. The second-order valence-electron chi connectivity index (χ2n) is 14.7. The molecule has 0 amide bonds. The highest BCUT2D eigenvalue weighted by Crippen LogP contribution is 2.57. The number of benzene rings is 6. The lowest BCUT2D eigenvalue weighted by molar-refractivity contribution is 0.438. The van der Waals surface area contributed by atoms with Gasteiger partial charge in [0.15, 0.2) is 0 Å². The first-order valence-corrected chi connectivity index (χ1v) is 18.7. The van der Waals surface area contributed by atoms with E-state index in [4.69, 9.17) is 0 Å². The van der Waals surface area contributed by atoms with E-state index in [9.17, 15) is 0 Å². The molecule has 3 unspecified atom stereocenters. The van der Waals surface area contributed by atoms with Crippen molar-refractivity contribution in [1.82, 2.24) is 0 Å². The lowest BCUT2D eigenvalue weighted by Gasteiger charge is -2.29. The van der Waals surface area contributed by atoms with Crippen LogP contribution in [0.15, 0.2) is 164 Å². The summed E-state index contributed by atoms with van der Waals surface area (Å²) < 4.78 is 0. The molecule has 3 aliphatic carbocycles. The molecule has 6 bridgehead atoms. The molecule has 1 nitrogen and oxygen atoms in total. The van der Waals surface area contributed by atoms with Gasteiger partial charge in [0.1, 0.15) is 0 Å². The highest BCUT2D eigenvalue weighted by molar-refractivity contribution is 6.15. The Balaban J connectivity index is 1.20. The number of hydrogen-bond donors (Lipinski definition) is 0. The number of fused-ring (bicyclic) bond motifs is 4. The van der Waals surface area contributed by atoms with Gasteiger partial charge in [-0.15, -0.1) is 0 Å². The number of aryl methyl sites for hydroxylation is 1. The summed E-state index contributed by atoms with van der Waals surface area (Å²) in [4.78, 5) is 2.43. The summed E-state index contributed by atoms with van der Waals surface area (Å²) >= 11 is 0. The maximum Gasteiger partial charge on any atom is 0.0468 e. The van der Waals surface area contributed by atoms with Crippen LogP contribution in [0.4, 0.5) is 17.1 Å². The van der Waals surface area contributed by atoms with Gasteiger partial charge in [0.2, 0.25) is 0 Å². The molecule has 0 aromatic heterocycles. The summed E-state index contributed by atoms with van der Waals surface area (Å²) in [5.41, 5.74) is 20.2. The molecule has 252 valence electrons. The smallest absolute Gasteiger partial charge is 0.0468 e. The molecule has 6 aromatic rings. The van der Waals surface area contributed by atoms with E-state index < -0.39 is 0 Å². The third-order valence-electron chi connectivity index (χ3n) is 11.6. The zero-order chi connectivity index (χ0) is 35.3. The number of rotatable bonds is 8. The molecule has 3 atom stereocenters. The van der Waals surface area contributed by atoms with Crippen molar-refractivity contribution in [2.75, 3.05) is 4.90 Å². The third kappa shape index (κ3) is 5.31. The van der Waals surface area contributed by atoms with Crippen LogP contribution < -0.4 is 4.90 Å². The summed E-state index contributed by atoms with van der Waals surface area (Å²) in [7, 11) is 0. The van der Waals surface area contributed by atoms with Crippen LogP contribution >= 0.6 is 0 Å². The molecular weight excluding hydrogens is 627 g/mol. The van der Waals surface area contributed by atoms with Crippen molar-refractivity contribution in [1.29, 1.82) is 0 Å². The van der Waals surface area contributed by atoms with Gasteiger partial charge in [0, 0.05) is 17.1 Å². The van der Waals surface area contributed by atoms with Crippen molar-refractivity contribution >= 4 is 23.1 Å². The molecule has 0 radical (unpaired) electrons. The molecule has 3 aliphatic rings. The summed E-state index contributed by atoms with van der Waals surface area (Å²) in [6.07, 6.45) is 16.3. The maximum atomic E-state index is 3.93. The van der Waals surface area contributed by atoms with Gasteiger partial charge >= 0.3 is 0 Å². The Labute approximate surface area is 308 Å². The summed E-state index contributed by atoms with van der Waals surface area (Å²) in [6.45, 7) is 10.8. The first-order valence-electron chi connectivity index (χ1n) is 18.7. The topological polar surface area (TPSA) is 3.24 Å². The van der Waals surface area contributed by atoms with Crippen molar-refractivity contribution in [3.05, 3.63) is 181 Å². The summed E-state index contributed by atoms with van der Waals surface area (Å²) in [5.74, 6) is 1.60. The Morgan fingerprint density at radius 3 is 1.90 bits per heavy atom. The predicted octanol–water partition coefficient (Wildman–Crippen LogP) is 14.5. The minimum absolute atomic E-state index is 0.459. The molecule has 6 aromatic carbocycles. The third-order valence-corrected chi connectivity index (χ3v) is 11.6. The maximum absolute atomic E-state index is 3.93. The fraction of sp³-hybridized carbons (Fsp3) is 0.137. The largest absolute Gasteiger partial charge is 0.310 e. The average molecular weight is 670 g/mol. The van der Waals surface area contributed by atoms with E-state index in [2.05, 4.69) is 184 Å². The van der Waals surface area contributed by atoms with Gasteiger partial charge < -0.3 is 4.90 Å². The van der Waals surface area contributed by atoms with E-state index >= 15 is 0 Å². The second kappa shape index (κ2) is 13.0. The standard InChI is InChI=1S/C51H43N/c1-5-6-14-38-31-40(25-22-34(38)3)52(39-26-23-36(24-27-39)35(4)30-37-15-8-7-13-33(37)2)41-28-29-43-46-19-12-20-47-48-21-11-18-45(51(48)49(43)32-41)42-16-9-10-17-44(42)50(46)47/h5-29,31-33,35,37H,1,30H2,2-4H3/b14-6-.